The summed E-state index contributed by atoms with van der Waals surface area (Å²) in [7, 11) is 1.49. The Kier molecular flexibility index (Phi) is 5.64. The molecule has 23 heavy (non-hydrogen) atoms. The molecule has 0 aliphatic carbocycles. The molecule has 1 aromatic heterocycles. The van der Waals surface area contributed by atoms with Crippen LogP contribution in [0.3, 0.4) is 0 Å². The van der Waals surface area contributed by atoms with E-state index in [9.17, 15) is 14.4 Å². The molecule has 3 N–H and O–H groups in total. The van der Waals surface area contributed by atoms with Crippen LogP contribution in [0.2, 0.25) is 0 Å². The molecule has 0 bridgehead atoms. The van der Waals surface area contributed by atoms with E-state index >= 15 is 0 Å². The standard InChI is InChI=1S/C14H16N4O5/c1-22-7-6-15-14(21)16-11(19)8-23-13(20)12-9-4-2-3-5-10(9)17-18-12/h2-5H,6-8H2,1H3,(H,17,18)(H2,15,16,19,21). The molecule has 3 amide bonds. The second-order valence-electron chi connectivity index (χ2n) is 4.49. The van der Waals surface area contributed by atoms with Crippen LogP contribution in [0.5, 0.6) is 0 Å². The summed E-state index contributed by atoms with van der Waals surface area (Å²) in [6, 6.07) is 6.33. The molecule has 0 aliphatic rings. The molecule has 0 aliphatic heterocycles. The number of methoxy groups -OCH3 is 1. The van der Waals surface area contributed by atoms with Crippen LogP contribution in [-0.4, -0.2) is 55.0 Å². The van der Waals surface area contributed by atoms with E-state index in [4.69, 9.17) is 9.47 Å². The number of benzene rings is 1. The van der Waals surface area contributed by atoms with Crippen molar-refractivity contribution in [1.82, 2.24) is 20.8 Å². The number of urea groups is 1. The lowest BCUT2D eigenvalue weighted by molar-refractivity contribution is -0.123. The van der Waals surface area contributed by atoms with Crippen LogP contribution in [0.4, 0.5) is 4.79 Å². The van der Waals surface area contributed by atoms with Gasteiger partial charge < -0.3 is 14.8 Å². The SMILES string of the molecule is COCCNC(=O)NC(=O)COC(=O)c1n[nH]c2ccccc12. The van der Waals surface area contributed by atoms with Crippen molar-refractivity contribution in [3.8, 4) is 0 Å². The van der Waals surface area contributed by atoms with Gasteiger partial charge in [0.05, 0.1) is 12.1 Å². The topological polar surface area (TPSA) is 122 Å². The molecule has 122 valence electrons. The Morgan fingerprint density at radius 3 is 2.83 bits per heavy atom. The summed E-state index contributed by atoms with van der Waals surface area (Å²) in [5.74, 6) is -1.49. The zero-order valence-corrected chi connectivity index (χ0v) is 12.4. The van der Waals surface area contributed by atoms with Gasteiger partial charge in [-0.15, -0.1) is 0 Å². The highest BCUT2D eigenvalue weighted by atomic mass is 16.5. The van der Waals surface area contributed by atoms with E-state index in [1.54, 1.807) is 24.3 Å². The molecule has 0 saturated carbocycles. The Labute approximate surface area is 131 Å². The number of amides is 3. The number of aromatic nitrogens is 2. The fourth-order valence-electron chi connectivity index (χ4n) is 1.79. The number of carbonyl (C=O) groups excluding carboxylic acids is 3. The van der Waals surface area contributed by atoms with E-state index in [2.05, 4.69) is 15.5 Å². The molecule has 9 nitrogen and oxygen atoms in total. The number of carbonyl (C=O) groups is 3. The van der Waals surface area contributed by atoms with Crippen LogP contribution in [0.15, 0.2) is 24.3 Å². The maximum atomic E-state index is 11.9. The second kappa shape index (κ2) is 7.90. The minimum Gasteiger partial charge on any atom is -0.451 e. The number of ether oxygens (including phenoxy) is 2. The molecular weight excluding hydrogens is 304 g/mol. The van der Waals surface area contributed by atoms with Crippen molar-refractivity contribution in [2.75, 3.05) is 26.9 Å². The first kappa shape index (κ1) is 16.4. The predicted molar refractivity (Wildman–Crippen MR) is 79.8 cm³/mol. The third-order valence-electron chi connectivity index (χ3n) is 2.84. The Hall–Kier alpha value is -2.94. The van der Waals surface area contributed by atoms with Gasteiger partial charge in [-0.25, -0.2) is 9.59 Å². The number of aromatic amines is 1. The fourth-order valence-corrected chi connectivity index (χ4v) is 1.79. The van der Waals surface area contributed by atoms with E-state index in [0.29, 0.717) is 17.5 Å². The van der Waals surface area contributed by atoms with Gasteiger partial charge in [0, 0.05) is 19.0 Å². The number of nitrogens with zero attached hydrogens (tertiary/aromatic N) is 1. The van der Waals surface area contributed by atoms with Crippen molar-refractivity contribution in [3.63, 3.8) is 0 Å². The number of rotatable bonds is 6. The molecule has 9 heteroatoms. The molecule has 1 aromatic carbocycles. The smallest absolute Gasteiger partial charge is 0.359 e. The van der Waals surface area contributed by atoms with Gasteiger partial charge in [-0.1, -0.05) is 18.2 Å². The van der Waals surface area contributed by atoms with Crippen molar-refractivity contribution < 1.29 is 23.9 Å². The minimum atomic E-state index is -0.752. The van der Waals surface area contributed by atoms with Gasteiger partial charge in [0.15, 0.2) is 12.3 Å². The molecule has 2 aromatic rings. The molecule has 0 fully saturated rings. The van der Waals surface area contributed by atoms with Crippen LogP contribution < -0.4 is 10.6 Å². The van der Waals surface area contributed by atoms with Gasteiger partial charge in [0.1, 0.15) is 0 Å². The predicted octanol–water partition coefficient (Wildman–Crippen LogP) is 0.192. The van der Waals surface area contributed by atoms with Crippen molar-refractivity contribution in [1.29, 1.82) is 0 Å². The largest absolute Gasteiger partial charge is 0.451 e. The highest BCUT2D eigenvalue weighted by molar-refractivity contribution is 6.03. The molecule has 0 saturated heterocycles. The number of imide groups is 1. The second-order valence-corrected chi connectivity index (χ2v) is 4.49. The Morgan fingerprint density at radius 2 is 2.04 bits per heavy atom. The lowest BCUT2D eigenvalue weighted by atomic mass is 10.2. The summed E-state index contributed by atoms with van der Waals surface area (Å²) in [6.45, 7) is -0.00475. The van der Waals surface area contributed by atoms with E-state index in [-0.39, 0.29) is 12.2 Å². The van der Waals surface area contributed by atoms with Crippen LogP contribution in [0.1, 0.15) is 10.5 Å². The highest BCUT2D eigenvalue weighted by Gasteiger charge is 2.17. The Bertz CT molecular complexity index is 712. The fraction of sp³-hybridized carbons (Fsp3) is 0.286. The summed E-state index contributed by atoms with van der Waals surface area (Å²) in [6.07, 6.45) is 0. The van der Waals surface area contributed by atoms with E-state index in [0.717, 1.165) is 0 Å². The van der Waals surface area contributed by atoms with Gasteiger partial charge >= 0.3 is 12.0 Å². The summed E-state index contributed by atoms with van der Waals surface area (Å²) < 4.78 is 9.59. The molecule has 0 unspecified atom stereocenters. The van der Waals surface area contributed by atoms with Crippen LogP contribution in [-0.2, 0) is 14.3 Å². The Balaban J connectivity index is 1.82. The lowest BCUT2D eigenvalue weighted by Crippen LogP contribution is -2.42. The van der Waals surface area contributed by atoms with E-state index < -0.39 is 24.5 Å². The third-order valence-corrected chi connectivity index (χ3v) is 2.84. The first-order chi connectivity index (χ1) is 11.1. The number of esters is 1. The number of nitrogens with one attached hydrogen (secondary N) is 3. The lowest BCUT2D eigenvalue weighted by Gasteiger charge is -2.06. The van der Waals surface area contributed by atoms with Crippen molar-refractivity contribution in [2.45, 2.75) is 0 Å². The van der Waals surface area contributed by atoms with Crippen LogP contribution >= 0.6 is 0 Å². The molecule has 1 heterocycles. The number of para-hydroxylation sites is 1. The first-order valence-corrected chi connectivity index (χ1v) is 6.78. The van der Waals surface area contributed by atoms with Gasteiger partial charge in [0.25, 0.3) is 5.91 Å². The zero-order valence-electron chi connectivity index (χ0n) is 12.4. The van der Waals surface area contributed by atoms with Crippen molar-refractivity contribution in [2.24, 2.45) is 0 Å². The zero-order chi connectivity index (χ0) is 16.7. The normalized spacial score (nSPS) is 10.3. The van der Waals surface area contributed by atoms with Gasteiger partial charge in [0.2, 0.25) is 0 Å². The molecule has 2 rings (SSSR count). The molecule has 0 radical (unpaired) electrons. The molecule has 0 spiro atoms. The van der Waals surface area contributed by atoms with Gasteiger partial charge in [-0.2, -0.15) is 5.10 Å². The average Bonchev–Trinajstić information content (AvgIpc) is 2.97. The van der Waals surface area contributed by atoms with Crippen LogP contribution in [0.25, 0.3) is 10.9 Å². The summed E-state index contributed by atoms with van der Waals surface area (Å²) >= 11 is 0. The molecular formula is C14H16N4O5. The Morgan fingerprint density at radius 1 is 1.26 bits per heavy atom. The first-order valence-electron chi connectivity index (χ1n) is 6.78. The third kappa shape index (κ3) is 4.51. The van der Waals surface area contributed by atoms with E-state index in [1.165, 1.54) is 7.11 Å². The quantitative estimate of drug-likeness (QED) is 0.516. The molecule has 0 atom stereocenters. The summed E-state index contributed by atoms with van der Waals surface area (Å²) in [4.78, 5) is 34.8. The van der Waals surface area contributed by atoms with E-state index in [1.807, 2.05) is 5.32 Å². The van der Waals surface area contributed by atoms with Gasteiger partial charge in [-0.3, -0.25) is 15.2 Å². The highest BCUT2D eigenvalue weighted by Crippen LogP contribution is 2.15. The maximum Gasteiger partial charge on any atom is 0.359 e. The van der Waals surface area contributed by atoms with Crippen molar-refractivity contribution >= 4 is 28.8 Å². The number of fused-ring (bicyclic) bond motifs is 1. The monoisotopic (exact) mass is 320 g/mol. The van der Waals surface area contributed by atoms with Crippen LogP contribution in [0, 0.1) is 0 Å². The average molecular weight is 320 g/mol. The number of H-pyrrole nitrogens is 1. The minimum absolute atomic E-state index is 0.0814. The van der Waals surface area contributed by atoms with Crippen molar-refractivity contribution in [3.05, 3.63) is 30.0 Å². The summed E-state index contributed by atoms with van der Waals surface area (Å²) in [5.41, 5.74) is 0.763. The maximum absolute atomic E-state index is 11.9. The summed E-state index contributed by atoms with van der Waals surface area (Å²) in [5, 5.41) is 11.6. The number of hydrogen-bond acceptors (Lipinski definition) is 6. The number of hydrogen-bond donors (Lipinski definition) is 3. The van der Waals surface area contributed by atoms with Gasteiger partial charge in [-0.05, 0) is 6.07 Å².